The molecule has 2 aliphatic rings. The fourth-order valence-corrected chi connectivity index (χ4v) is 3.35. The third-order valence-corrected chi connectivity index (χ3v) is 5.18. The summed E-state index contributed by atoms with van der Waals surface area (Å²) in [4.78, 5) is 18.7. The molecule has 1 aliphatic heterocycles. The highest BCUT2D eigenvalue weighted by molar-refractivity contribution is 5.89. The predicted molar refractivity (Wildman–Crippen MR) is 101 cm³/mol. The monoisotopic (exact) mass is 388 g/mol. The van der Waals surface area contributed by atoms with Crippen LogP contribution < -0.4 is 5.32 Å². The van der Waals surface area contributed by atoms with E-state index < -0.39 is 5.82 Å². The Morgan fingerprint density at radius 1 is 1.32 bits per heavy atom. The van der Waals surface area contributed by atoms with Gasteiger partial charge in [-0.15, -0.1) is 0 Å². The van der Waals surface area contributed by atoms with Crippen molar-refractivity contribution in [1.29, 1.82) is 0 Å². The second kappa shape index (κ2) is 8.68. The summed E-state index contributed by atoms with van der Waals surface area (Å²) in [6, 6.07) is 5.83. The van der Waals surface area contributed by atoms with E-state index in [9.17, 15) is 9.18 Å². The molecule has 0 radical (unpaired) electrons. The molecule has 1 atom stereocenters. The van der Waals surface area contributed by atoms with Crippen LogP contribution in [0.5, 0.6) is 0 Å². The van der Waals surface area contributed by atoms with Gasteiger partial charge in [0.05, 0.1) is 18.2 Å². The maximum Gasteiger partial charge on any atom is 0.321 e. The number of para-hydroxylation sites is 1. The third-order valence-electron chi connectivity index (χ3n) is 5.18. The summed E-state index contributed by atoms with van der Waals surface area (Å²) < 4.78 is 24.8. The van der Waals surface area contributed by atoms with Gasteiger partial charge in [-0.05, 0) is 43.7 Å². The average molecular weight is 388 g/mol. The molecule has 1 aromatic heterocycles. The highest BCUT2D eigenvalue weighted by atomic mass is 19.1. The Labute approximate surface area is 163 Å². The van der Waals surface area contributed by atoms with Gasteiger partial charge < -0.3 is 19.5 Å². The number of benzene rings is 1. The highest BCUT2D eigenvalue weighted by Gasteiger charge is 2.29. The SMILES string of the molecule is O=C(Nc1ccccc1F)N1CCCC(c2nc(CCOCC3CC3)no2)C1. The van der Waals surface area contributed by atoms with Gasteiger partial charge >= 0.3 is 6.03 Å². The molecule has 8 heteroatoms. The molecule has 2 heterocycles. The zero-order chi connectivity index (χ0) is 19.3. The molecule has 150 valence electrons. The Hall–Kier alpha value is -2.48. The Balaban J connectivity index is 1.29. The van der Waals surface area contributed by atoms with E-state index in [0.717, 1.165) is 25.4 Å². The largest absolute Gasteiger partial charge is 0.381 e. The molecular weight excluding hydrogens is 363 g/mol. The zero-order valence-electron chi connectivity index (χ0n) is 15.8. The van der Waals surface area contributed by atoms with Gasteiger partial charge in [0.2, 0.25) is 5.89 Å². The Bertz CT molecular complexity index is 808. The van der Waals surface area contributed by atoms with Gasteiger partial charge in [0, 0.05) is 26.1 Å². The Kier molecular flexibility index (Phi) is 5.85. The first-order valence-corrected chi connectivity index (χ1v) is 9.89. The van der Waals surface area contributed by atoms with Crippen molar-refractivity contribution in [2.24, 2.45) is 5.92 Å². The van der Waals surface area contributed by atoms with E-state index in [1.807, 2.05) is 0 Å². The summed E-state index contributed by atoms with van der Waals surface area (Å²) in [5, 5.41) is 6.67. The zero-order valence-corrected chi connectivity index (χ0v) is 15.8. The van der Waals surface area contributed by atoms with Crippen LogP contribution in [0.2, 0.25) is 0 Å². The fourth-order valence-electron chi connectivity index (χ4n) is 3.35. The van der Waals surface area contributed by atoms with E-state index in [1.165, 1.54) is 18.9 Å². The average Bonchev–Trinajstić information content (AvgIpc) is 3.42. The summed E-state index contributed by atoms with van der Waals surface area (Å²) in [5.74, 6) is 1.48. The Morgan fingerprint density at radius 2 is 2.18 bits per heavy atom. The minimum absolute atomic E-state index is 0.00578. The smallest absolute Gasteiger partial charge is 0.321 e. The van der Waals surface area contributed by atoms with Crippen LogP contribution in [0.25, 0.3) is 0 Å². The number of nitrogens with zero attached hydrogens (tertiary/aromatic N) is 3. The number of hydrogen-bond donors (Lipinski definition) is 1. The molecule has 1 saturated heterocycles. The number of anilines is 1. The molecule has 2 amide bonds. The summed E-state index contributed by atoms with van der Waals surface area (Å²) in [6.07, 6.45) is 4.88. The molecule has 2 aromatic rings. The maximum absolute atomic E-state index is 13.8. The van der Waals surface area contributed by atoms with Crippen LogP contribution in [0.4, 0.5) is 14.9 Å². The number of nitrogens with one attached hydrogen (secondary N) is 1. The van der Waals surface area contributed by atoms with Crippen molar-refractivity contribution in [1.82, 2.24) is 15.0 Å². The number of urea groups is 1. The minimum Gasteiger partial charge on any atom is -0.381 e. The van der Waals surface area contributed by atoms with Crippen LogP contribution in [0, 0.1) is 11.7 Å². The number of carbonyl (C=O) groups excluding carboxylic acids is 1. The molecule has 1 N–H and O–H groups in total. The van der Waals surface area contributed by atoms with E-state index in [4.69, 9.17) is 9.26 Å². The van der Waals surface area contributed by atoms with E-state index in [2.05, 4.69) is 15.5 Å². The summed E-state index contributed by atoms with van der Waals surface area (Å²) in [7, 11) is 0. The summed E-state index contributed by atoms with van der Waals surface area (Å²) >= 11 is 0. The fraction of sp³-hybridized carbons (Fsp3) is 0.550. The second-order valence-corrected chi connectivity index (χ2v) is 7.51. The molecule has 2 fully saturated rings. The summed E-state index contributed by atoms with van der Waals surface area (Å²) in [5.41, 5.74) is 0.181. The van der Waals surface area contributed by atoms with Crippen molar-refractivity contribution in [3.63, 3.8) is 0 Å². The van der Waals surface area contributed by atoms with Crippen LogP contribution in [0.1, 0.15) is 43.3 Å². The molecule has 28 heavy (non-hydrogen) atoms. The third kappa shape index (κ3) is 4.86. The number of hydrogen-bond acceptors (Lipinski definition) is 5. The molecule has 1 saturated carbocycles. The van der Waals surface area contributed by atoms with E-state index >= 15 is 0 Å². The number of ether oxygens (including phenoxy) is 1. The second-order valence-electron chi connectivity index (χ2n) is 7.51. The molecule has 1 aliphatic carbocycles. The van der Waals surface area contributed by atoms with Crippen LogP contribution >= 0.6 is 0 Å². The van der Waals surface area contributed by atoms with Crippen molar-refractivity contribution in [2.75, 3.05) is 31.6 Å². The maximum atomic E-state index is 13.8. The lowest BCUT2D eigenvalue weighted by Gasteiger charge is -2.31. The molecule has 1 aromatic carbocycles. The van der Waals surface area contributed by atoms with E-state index in [1.54, 1.807) is 23.1 Å². The van der Waals surface area contributed by atoms with Crippen LogP contribution in [0.3, 0.4) is 0 Å². The minimum atomic E-state index is -0.449. The molecule has 0 bridgehead atoms. The van der Waals surface area contributed by atoms with Gasteiger partial charge in [-0.25, -0.2) is 9.18 Å². The van der Waals surface area contributed by atoms with Crippen molar-refractivity contribution < 1.29 is 18.4 Å². The van der Waals surface area contributed by atoms with Crippen LogP contribution in [-0.4, -0.2) is 47.4 Å². The normalized spacial score (nSPS) is 19.6. The van der Waals surface area contributed by atoms with Gasteiger partial charge in [0.25, 0.3) is 0 Å². The molecular formula is C20H25FN4O3. The van der Waals surface area contributed by atoms with Gasteiger partial charge in [0.15, 0.2) is 5.82 Å². The van der Waals surface area contributed by atoms with Crippen molar-refractivity contribution in [3.05, 3.63) is 41.8 Å². The first kappa shape index (κ1) is 18.9. The van der Waals surface area contributed by atoms with Gasteiger partial charge in [-0.3, -0.25) is 0 Å². The molecule has 0 spiro atoms. The lowest BCUT2D eigenvalue weighted by atomic mass is 9.98. The van der Waals surface area contributed by atoms with Crippen molar-refractivity contribution >= 4 is 11.7 Å². The number of carbonyl (C=O) groups is 1. The van der Waals surface area contributed by atoms with E-state index in [0.29, 0.717) is 37.8 Å². The predicted octanol–water partition coefficient (Wildman–Crippen LogP) is 3.59. The number of aromatic nitrogens is 2. The first-order valence-electron chi connectivity index (χ1n) is 9.89. The van der Waals surface area contributed by atoms with Crippen molar-refractivity contribution in [2.45, 2.75) is 38.0 Å². The standard InChI is InChI=1S/C20H25FN4O3/c21-16-5-1-2-6-17(16)22-20(26)25-10-3-4-15(12-25)19-23-18(24-28-19)9-11-27-13-14-7-8-14/h1-2,5-6,14-15H,3-4,7-13H2,(H,22,26). The lowest BCUT2D eigenvalue weighted by Crippen LogP contribution is -2.41. The van der Waals surface area contributed by atoms with Gasteiger partial charge in [-0.2, -0.15) is 4.98 Å². The lowest BCUT2D eigenvalue weighted by molar-refractivity contribution is 0.125. The van der Waals surface area contributed by atoms with Gasteiger partial charge in [-0.1, -0.05) is 17.3 Å². The highest BCUT2D eigenvalue weighted by Crippen LogP contribution is 2.29. The van der Waals surface area contributed by atoms with E-state index in [-0.39, 0.29) is 17.6 Å². The molecule has 1 unspecified atom stereocenters. The van der Waals surface area contributed by atoms with Crippen molar-refractivity contribution in [3.8, 4) is 0 Å². The molecule has 4 rings (SSSR count). The number of piperidine rings is 1. The van der Waals surface area contributed by atoms with Crippen LogP contribution in [0.15, 0.2) is 28.8 Å². The van der Waals surface area contributed by atoms with Gasteiger partial charge in [0.1, 0.15) is 5.82 Å². The number of halogens is 1. The number of rotatable bonds is 7. The van der Waals surface area contributed by atoms with Crippen LogP contribution in [-0.2, 0) is 11.2 Å². The number of amides is 2. The summed E-state index contributed by atoms with van der Waals surface area (Å²) in [6.45, 7) is 2.50. The number of likely N-dealkylation sites (tertiary alicyclic amines) is 1. The first-order chi connectivity index (χ1) is 13.7. The molecule has 7 nitrogen and oxygen atoms in total. The quantitative estimate of drug-likeness (QED) is 0.733. The Morgan fingerprint density at radius 3 is 3.00 bits per heavy atom. The topological polar surface area (TPSA) is 80.5 Å².